The molecule has 5 nitrogen and oxygen atoms in total. The van der Waals surface area contributed by atoms with Crippen LogP contribution in [0.2, 0.25) is 5.02 Å². The van der Waals surface area contributed by atoms with Gasteiger partial charge in [-0.15, -0.1) is 12.4 Å². The third-order valence-corrected chi connectivity index (χ3v) is 3.35. The predicted octanol–water partition coefficient (Wildman–Crippen LogP) is 3.13. The van der Waals surface area contributed by atoms with Crippen LogP contribution in [0.4, 0.5) is 0 Å². The van der Waals surface area contributed by atoms with Crippen molar-refractivity contribution in [2.75, 3.05) is 33.5 Å². The van der Waals surface area contributed by atoms with E-state index in [2.05, 4.69) is 5.32 Å². The highest BCUT2D eigenvalue weighted by Gasteiger charge is 2.08. The van der Waals surface area contributed by atoms with Gasteiger partial charge in [-0.25, -0.2) is 0 Å². The molecule has 0 saturated carbocycles. The van der Waals surface area contributed by atoms with E-state index in [0.717, 1.165) is 17.1 Å². The Labute approximate surface area is 147 Å². The minimum Gasteiger partial charge on any atom is -0.495 e. The molecule has 0 amide bonds. The van der Waals surface area contributed by atoms with Crippen LogP contribution in [-0.2, 0) is 11.3 Å². The number of halogens is 2. The topological polar surface area (TPSA) is 63.9 Å². The fraction of sp³-hybridized carbons (Fsp3) is 0.375. The molecular weight excluding hydrogens is 341 g/mol. The van der Waals surface area contributed by atoms with Crippen molar-refractivity contribution in [1.82, 2.24) is 5.32 Å². The Balaban J connectivity index is 0.00000264. The second-order valence-electron chi connectivity index (χ2n) is 4.63. The summed E-state index contributed by atoms with van der Waals surface area (Å²) in [4.78, 5) is 0. The lowest BCUT2D eigenvalue weighted by Crippen LogP contribution is -2.19. The average Bonchev–Trinajstić information content (AvgIpc) is 2.99. The number of rotatable bonds is 9. The summed E-state index contributed by atoms with van der Waals surface area (Å²) in [5.41, 5.74) is 0.906. The van der Waals surface area contributed by atoms with E-state index in [1.807, 2.05) is 30.3 Å². The van der Waals surface area contributed by atoms with E-state index in [0.29, 0.717) is 37.1 Å². The molecule has 0 fully saturated rings. The Kier molecular flexibility index (Phi) is 9.06. The lowest BCUT2D eigenvalue weighted by Gasteiger charge is -2.05. The average molecular weight is 362 g/mol. The van der Waals surface area contributed by atoms with Gasteiger partial charge >= 0.3 is 0 Å². The molecule has 0 radical (unpaired) electrons. The van der Waals surface area contributed by atoms with Crippen molar-refractivity contribution < 1.29 is 19.0 Å². The largest absolute Gasteiger partial charge is 0.495 e. The van der Waals surface area contributed by atoms with E-state index < -0.39 is 0 Å². The Morgan fingerprint density at radius 2 is 2.04 bits per heavy atom. The predicted molar refractivity (Wildman–Crippen MR) is 92.6 cm³/mol. The van der Waals surface area contributed by atoms with Crippen LogP contribution in [0, 0.1) is 0 Å². The van der Waals surface area contributed by atoms with E-state index in [4.69, 9.17) is 30.6 Å². The number of nitrogens with one attached hydrogen (secondary N) is 1. The highest BCUT2D eigenvalue weighted by Crippen LogP contribution is 2.30. The van der Waals surface area contributed by atoms with E-state index in [9.17, 15) is 0 Å². The number of aliphatic hydroxyl groups is 1. The summed E-state index contributed by atoms with van der Waals surface area (Å²) < 4.78 is 16.1. The van der Waals surface area contributed by atoms with E-state index in [1.54, 1.807) is 7.11 Å². The maximum Gasteiger partial charge on any atom is 0.137 e. The minimum absolute atomic E-state index is 0. The zero-order valence-corrected chi connectivity index (χ0v) is 14.5. The SMILES string of the molecule is COc1ccc(-c2ccc(CNCCOCCO)o2)cc1Cl.Cl. The molecule has 0 saturated heterocycles. The van der Waals surface area contributed by atoms with Crippen molar-refractivity contribution in [1.29, 1.82) is 0 Å². The molecule has 23 heavy (non-hydrogen) atoms. The van der Waals surface area contributed by atoms with Crippen LogP contribution in [0.5, 0.6) is 5.75 Å². The smallest absolute Gasteiger partial charge is 0.137 e. The normalized spacial score (nSPS) is 10.4. The molecule has 2 N–H and O–H groups in total. The molecule has 7 heteroatoms. The number of benzene rings is 1. The lowest BCUT2D eigenvalue weighted by atomic mass is 10.2. The first-order valence-electron chi connectivity index (χ1n) is 7.06. The van der Waals surface area contributed by atoms with Gasteiger partial charge in [-0.05, 0) is 30.3 Å². The molecule has 0 aliphatic rings. The summed E-state index contributed by atoms with van der Waals surface area (Å²) in [6.07, 6.45) is 0. The van der Waals surface area contributed by atoms with Crippen molar-refractivity contribution in [2.45, 2.75) is 6.54 Å². The van der Waals surface area contributed by atoms with Crippen LogP contribution in [0.25, 0.3) is 11.3 Å². The quantitative estimate of drug-likeness (QED) is 0.671. The second-order valence-corrected chi connectivity index (χ2v) is 5.04. The molecule has 1 aromatic carbocycles. The Bertz CT molecular complexity index is 589. The molecule has 128 valence electrons. The number of ether oxygens (including phenoxy) is 2. The van der Waals surface area contributed by atoms with Gasteiger partial charge in [0.1, 0.15) is 17.3 Å². The van der Waals surface area contributed by atoms with Gasteiger partial charge in [0.05, 0.1) is 38.5 Å². The van der Waals surface area contributed by atoms with Crippen molar-refractivity contribution >= 4 is 24.0 Å². The summed E-state index contributed by atoms with van der Waals surface area (Å²) in [5.74, 6) is 2.24. The molecule has 0 atom stereocenters. The summed E-state index contributed by atoms with van der Waals surface area (Å²) in [5, 5.41) is 12.3. The third-order valence-electron chi connectivity index (χ3n) is 3.06. The highest BCUT2D eigenvalue weighted by atomic mass is 35.5. The van der Waals surface area contributed by atoms with Gasteiger partial charge in [0.2, 0.25) is 0 Å². The molecule has 1 aromatic heterocycles. The van der Waals surface area contributed by atoms with Gasteiger partial charge in [0.25, 0.3) is 0 Å². The molecule has 0 unspecified atom stereocenters. The molecule has 2 rings (SSSR count). The van der Waals surface area contributed by atoms with Gasteiger partial charge in [-0.2, -0.15) is 0 Å². The van der Waals surface area contributed by atoms with Gasteiger partial charge in [0.15, 0.2) is 0 Å². The van der Waals surface area contributed by atoms with Crippen molar-refractivity contribution in [3.05, 3.63) is 41.1 Å². The van der Waals surface area contributed by atoms with Gasteiger partial charge < -0.3 is 24.3 Å². The molecule has 0 bridgehead atoms. The first-order valence-corrected chi connectivity index (χ1v) is 7.44. The fourth-order valence-corrected chi connectivity index (χ4v) is 2.23. The third kappa shape index (κ3) is 6.05. The zero-order valence-electron chi connectivity index (χ0n) is 12.9. The van der Waals surface area contributed by atoms with Gasteiger partial charge in [-0.3, -0.25) is 0 Å². The van der Waals surface area contributed by atoms with Crippen LogP contribution in [-0.4, -0.2) is 38.6 Å². The number of furan rings is 1. The van der Waals surface area contributed by atoms with Gasteiger partial charge in [-0.1, -0.05) is 11.6 Å². The minimum atomic E-state index is 0. The summed E-state index contributed by atoms with van der Waals surface area (Å²) in [6, 6.07) is 9.38. The number of hydrogen-bond acceptors (Lipinski definition) is 5. The van der Waals surface area contributed by atoms with Crippen molar-refractivity contribution in [3.8, 4) is 17.1 Å². The van der Waals surface area contributed by atoms with Crippen molar-refractivity contribution in [3.63, 3.8) is 0 Å². The lowest BCUT2D eigenvalue weighted by molar-refractivity contribution is 0.0936. The molecule has 2 aromatic rings. The van der Waals surface area contributed by atoms with Crippen LogP contribution in [0.3, 0.4) is 0 Å². The zero-order chi connectivity index (χ0) is 15.8. The number of aliphatic hydroxyl groups excluding tert-OH is 1. The monoisotopic (exact) mass is 361 g/mol. The van der Waals surface area contributed by atoms with Crippen LogP contribution in [0.15, 0.2) is 34.7 Å². The van der Waals surface area contributed by atoms with Gasteiger partial charge in [0, 0.05) is 12.1 Å². The molecular formula is C16H21Cl2NO4. The standard InChI is InChI=1S/C16H20ClNO4.ClH/c1-20-16-4-2-12(10-14(16)17)15-5-3-13(22-15)11-18-6-8-21-9-7-19;/h2-5,10,18-19H,6-9,11H2,1H3;1H. The maximum absolute atomic E-state index is 8.59. The van der Waals surface area contributed by atoms with E-state index in [-0.39, 0.29) is 19.0 Å². The molecule has 0 aliphatic heterocycles. The maximum atomic E-state index is 8.59. The fourth-order valence-electron chi connectivity index (χ4n) is 1.97. The van der Waals surface area contributed by atoms with E-state index >= 15 is 0 Å². The molecule has 1 heterocycles. The number of hydrogen-bond donors (Lipinski definition) is 2. The Morgan fingerprint density at radius 1 is 1.22 bits per heavy atom. The van der Waals surface area contributed by atoms with Crippen molar-refractivity contribution in [2.24, 2.45) is 0 Å². The van der Waals surface area contributed by atoms with Crippen LogP contribution >= 0.6 is 24.0 Å². The van der Waals surface area contributed by atoms with Crippen LogP contribution < -0.4 is 10.1 Å². The van der Waals surface area contributed by atoms with Crippen LogP contribution in [0.1, 0.15) is 5.76 Å². The molecule has 0 aliphatic carbocycles. The summed E-state index contributed by atoms with van der Waals surface area (Å²) >= 11 is 6.12. The summed E-state index contributed by atoms with van der Waals surface area (Å²) in [6.45, 7) is 2.29. The first-order chi connectivity index (χ1) is 10.7. The Morgan fingerprint density at radius 3 is 2.74 bits per heavy atom. The first kappa shape index (κ1) is 19.8. The Hall–Kier alpha value is -1.24. The molecule has 0 spiro atoms. The second kappa shape index (κ2) is 10.5. The highest BCUT2D eigenvalue weighted by molar-refractivity contribution is 6.32. The summed E-state index contributed by atoms with van der Waals surface area (Å²) in [7, 11) is 1.59. The van der Waals surface area contributed by atoms with E-state index in [1.165, 1.54) is 0 Å². The number of methoxy groups -OCH3 is 1.